The van der Waals surface area contributed by atoms with Gasteiger partial charge in [0.15, 0.2) is 0 Å². The number of aliphatic hydroxyl groups is 2. The first-order chi connectivity index (χ1) is 19.1. The van der Waals surface area contributed by atoms with Crippen molar-refractivity contribution < 1.29 is 28.1 Å². The Morgan fingerprint density at radius 3 is 2.60 bits per heavy atom. The van der Waals surface area contributed by atoms with E-state index >= 15 is 0 Å². The van der Waals surface area contributed by atoms with E-state index in [0.29, 0.717) is 53.8 Å². The molecule has 4 aliphatic rings. The van der Waals surface area contributed by atoms with Crippen LogP contribution in [0.3, 0.4) is 0 Å². The SMILES string of the molecule is CN(C[C@H](O)CO)[C@@H]1[C@@H]2CC3C[C@H]1C[C@](CNc1nc(NCc4ccccc4OC(F)(F)F)ncc1C#N)(C3)C2. The Hall–Kier alpha value is -3.14. The highest BCUT2D eigenvalue weighted by molar-refractivity contribution is 5.53. The first-order valence-electron chi connectivity index (χ1n) is 13.7. The zero-order valence-electron chi connectivity index (χ0n) is 22.4. The maximum absolute atomic E-state index is 12.8. The van der Waals surface area contributed by atoms with Crippen molar-refractivity contribution in [1.82, 2.24) is 14.9 Å². The molecule has 4 saturated carbocycles. The molecule has 0 saturated heterocycles. The minimum absolute atomic E-state index is 0.00640. The number of alkyl halides is 3. The Morgan fingerprint density at radius 1 is 1.20 bits per heavy atom. The zero-order valence-corrected chi connectivity index (χ0v) is 22.4. The van der Waals surface area contributed by atoms with Gasteiger partial charge in [-0.25, -0.2) is 4.98 Å². The summed E-state index contributed by atoms with van der Waals surface area (Å²) < 4.78 is 42.4. The van der Waals surface area contributed by atoms with Crippen LogP contribution in [0.5, 0.6) is 5.75 Å². The van der Waals surface area contributed by atoms with Crippen LogP contribution in [-0.2, 0) is 6.54 Å². The molecule has 1 unspecified atom stereocenters. The van der Waals surface area contributed by atoms with Gasteiger partial charge in [-0.1, -0.05) is 18.2 Å². The van der Waals surface area contributed by atoms with Gasteiger partial charge in [0, 0.05) is 31.2 Å². The van der Waals surface area contributed by atoms with E-state index in [1.54, 1.807) is 6.07 Å². The van der Waals surface area contributed by atoms with Crippen LogP contribution in [0, 0.1) is 34.5 Å². The predicted octanol–water partition coefficient (Wildman–Crippen LogP) is 3.75. The summed E-state index contributed by atoms with van der Waals surface area (Å²) in [6.07, 6.45) is 1.43. The van der Waals surface area contributed by atoms with Gasteiger partial charge in [-0.2, -0.15) is 10.2 Å². The van der Waals surface area contributed by atoms with Crippen LogP contribution in [0.15, 0.2) is 30.5 Å². The molecule has 0 spiro atoms. The Morgan fingerprint density at radius 2 is 1.93 bits per heavy atom. The second-order valence-corrected chi connectivity index (χ2v) is 11.7. The molecule has 6 rings (SSSR count). The average Bonchev–Trinajstić information content (AvgIpc) is 2.90. The monoisotopic (exact) mass is 560 g/mol. The fraction of sp³-hybridized carbons (Fsp3) is 0.607. The molecular formula is C28H35F3N6O3. The zero-order chi connectivity index (χ0) is 28.5. The molecule has 6 atom stereocenters. The summed E-state index contributed by atoms with van der Waals surface area (Å²) >= 11 is 0. The number of hydrogen-bond donors (Lipinski definition) is 4. The van der Waals surface area contributed by atoms with E-state index in [4.69, 9.17) is 0 Å². The largest absolute Gasteiger partial charge is 0.573 e. The van der Waals surface area contributed by atoms with Crippen molar-refractivity contribution in [1.29, 1.82) is 5.26 Å². The lowest BCUT2D eigenvalue weighted by Gasteiger charge is -2.62. The number of nitrogens with zero attached hydrogens (tertiary/aromatic N) is 4. The summed E-state index contributed by atoms with van der Waals surface area (Å²) in [5.41, 5.74) is 0.677. The van der Waals surface area contributed by atoms with Crippen LogP contribution in [0.4, 0.5) is 24.9 Å². The maximum atomic E-state index is 12.8. The summed E-state index contributed by atoms with van der Waals surface area (Å²) in [5, 5.41) is 35.3. The number of rotatable bonds is 11. The van der Waals surface area contributed by atoms with Crippen LogP contribution >= 0.6 is 0 Å². The van der Waals surface area contributed by atoms with E-state index < -0.39 is 12.5 Å². The lowest BCUT2D eigenvalue weighted by Crippen LogP contribution is -2.60. The summed E-state index contributed by atoms with van der Waals surface area (Å²) in [6.45, 7) is 0.888. The molecule has 4 bridgehead atoms. The third kappa shape index (κ3) is 6.27. The number of likely N-dealkylation sites (N-methyl/N-ethyl adjacent to an activating group) is 1. The number of nitriles is 1. The number of para-hydroxylation sites is 1. The van der Waals surface area contributed by atoms with E-state index in [2.05, 4.69) is 36.3 Å². The highest BCUT2D eigenvalue weighted by Gasteiger charge is 2.56. The number of aliphatic hydroxyl groups excluding tert-OH is 2. The topological polar surface area (TPSA) is 127 Å². The van der Waals surface area contributed by atoms with E-state index in [1.807, 2.05) is 7.05 Å². The number of ether oxygens (including phenoxy) is 1. The number of nitrogens with one attached hydrogen (secondary N) is 2. The highest BCUT2D eigenvalue weighted by Crippen LogP contribution is 2.61. The molecule has 4 N–H and O–H groups in total. The quantitative estimate of drug-likeness (QED) is 0.325. The second-order valence-electron chi connectivity index (χ2n) is 11.7. The Balaban J connectivity index is 1.25. The lowest BCUT2D eigenvalue weighted by molar-refractivity contribution is -0.274. The molecule has 0 amide bonds. The Bertz CT molecular complexity index is 1220. The number of benzene rings is 1. The molecule has 9 nitrogen and oxygen atoms in total. The predicted molar refractivity (Wildman–Crippen MR) is 141 cm³/mol. The fourth-order valence-electron chi connectivity index (χ4n) is 7.62. The van der Waals surface area contributed by atoms with E-state index in [1.165, 1.54) is 37.2 Å². The van der Waals surface area contributed by atoms with Crippen molar-refractivity contribution >= 4 is 11.8 Å². The molecule has 216 valence electrons. The van der Waals surface area contributed by atoms with Crippen molar-refractivity contribution in [2.24, 2.45) is 23.2 Å². The van der Waals surface area contributed by atoms with Gasteiger partial charge in [0.05, 0.1) is 18.9 Å². The van der Waals surface area contributed by atoms with E-state index in [-0.39, 0.29) is 30.3 Å². The van der Waals surface area contributed by atoms with Gasteiger partial charge >= 0.3 is 6.36 Å². The van der Waals surface area contributed by atoms with Crippen molar-refractivity contribution in [3.05, 3.63) is 41.6 Å². The molecular weight excluding hydrogens is 525 g/mol. The van der Waals surface area contributed by atoms with Crippen molar-refractivity contribution in [3.8, 4) is 11.8 Å². The van der Waals surface area contributed by atoms with Crippen LogP contribution in [0.1, 0.15) is 43.2 Å². The van der Waals surface area contributed by atoms with Crippen LogP contribution < -0.4 is 15.4 Å². The average molecular weight is 561 g/mol. The third-order valence-corrected chi connectivity index (χ3v) is 8.74. The molecule has 0 aliphatic heterocycles. The first kappa shape index (κ1) is 28.4. The van der Waals surface area contributed by atoms with Gasteiger partial charge in [-0.15, -0.1) is 13.2 Å². The molecule has 1 heterocycles. The standard InChI is InChI=1S/C28H35F3N6O3/c1-37(14-22(39)15-38)24-19-6-17-7-20(24)10-27(8-17,9-19)16-35-25-21(11-32)13-34-26(36-25)33-12-18-4-2-3-5-23(18)40-28(29,30)31/h2-5,13,17,19-20,22,24,38-39H,6-10,12,14-16H2,1H3,(H2,33,34,35,36)/t17?,19-,20+,22-,24-,27+/m0/s1. The minimum Gasteiger partial charge on any atom is -0.405 e. The van der Waals surface area contributed by atoms with Crippen molar-refractivity contribution in [3.63, 3.8) is 0 Å². The van der Waals surface area contributed by atoms with Crippen molar-refractivity contribution in [2.45, 2.75) is 57.2 Å². The number of halogens is 3. The molecule has 0 radical (unpaired) electrons. The number of aromatic nitrogens is 2. The van der Waals surface area contributed by atoms with Gasteiger partial charge in [0.25, 0.3) is 0 Å². The summed E-state index contributed by atoms with van der Waals surface area (Å²) in [5.74, 6) is 1.98. The maximum Gasteiger partial charge on any atom is 0.573 e. The molecule has 1 aromatic heterocycles. The molecule has 12 heteroatoms. The van der Waals surface area contributed by atoms with E-state index in [0.717, 1.165) is 19.3 Å². The smallest absolute Gasteiger partial charge is 0.405 e. The Kier molecular flexibility index (Phi) is 8.08. The summed E-state index contributed by atoms with van der Waals surface area (Å²) in [6, 6.07) is 8.38. The Labute approximate surface area is 231 Å². The summed E-state index contributed by atoms with van der Waals surface area (Å²) in [4.78, 5) is 10.9. The molecule has 4 aliphatic carbocycles. The molecule has 40 heavy (non-hydrogen) atoms. The first-order valence-corrected chi connectivity index (χ1v) is 13.7. The van der Waals surface area contributed by atoms with Gasteiger partial charge in [0.1, 0.15) is 23.2 Å². The highest BCUT2D eigenvalue weighted by atomic mass is 19.4. The van der Waals surface area contributed by atoms with Crippen LogP contribution in [0.2, 0.25) is 0 Å². The number of anilines is 2. The van der Waals surface area contributed by atoms with Crippen molar-refractivity contribution in [2.75, 3.05) is 37.4 Å². The third-order valence-electron chi connectivity index (χ3n) is 8.74. The van der Waals surface area contributed by atoms with E-state index in [9.17, 15) is 28.6 Å². The lowest BCUT2D eigenvalue weighted by atomic mass is 9.47. The summed E-state index contributed by atoms with van der Waals surface area (Å²) in [7, 11) is 2.04. The minimum atomic E-state index is -4.80. The molecule has 1 aromatic carbocycles. The van der Waals surface area contributed by atoms with Gasteiger partial charge in [0.2, 0.25) is 5.95 Å². The van der Waals surface area contributed by atoms with Crippen LogP contribution in [0.25, 0.3) is 0 Å². The number of hydrogen-bond acceptors (Lipinski definition) is 9. The fourth-order valence-corrected chi connectivity index (χ4v) is 7.62. The molecule has 4 fully saturated rings. The normalized spacial score (nSPS) is 27.9. The van der Waals surface area contributed by atoms with Gasteiger partial charge in [-0.3, -0.25) is 0 Å². The van der Waals surface area contributed by atoms with Crippen LogP contribution in [-0.4, -0.2) is 70.3 Å². The molecule has 2 aromatic rings. The second kappa shape index (κ2) is 11.4. The van der Waals surface area contributed by atoms with Gasteiger partial charge in [-0.05, 0) is 68.4 Å². The van der Waals surface area contributed by atoms with Gasteiger partial charge < -0.3 is 30.5 Å².